The highest BCUT2D eigenvalue weighted by molar-refractivity contribution is 5.81. The van der Waals surface area contributed by atoms with Gasteiger partial charge in [-0.1, -0.05) is 91.0 Å². The molecule has 45 heavy (non-hydrogen) atoms. The van der Waals surface area contributed by atoms with E-state index in [1.165, 1.54) is 16.7 Å². The summed E-state index contributed by atoms with van der Waals surface area (Å²) in [6.45, 7) is 7.86. The molecule has 0 saturated carbocycles. The molecule has 226 valence electrons. The Labute approximate surface area is 263 Å². The summed E-state index contributed by atoms with van der Waals surface area (Å²) in [5.74, 6) is 0.670. The Morgan fingerprint density at radius 1 is 0.711 bits per heavy atom. The van der Waals surface area contributed by atoms with Crippen LogP contribution in [0.1, 0.15) is 51.3 Å². The molecule has 4 aromatic carbocycles. The van der Waals surface area contributed by atoms with Crippen molar-refractivity contribution in [1.82, 2.24) is 35.0 Å². The Morgan fingerprint density at radius 2 is 1.27 bits per heavy atom. The monoisotopic (exact) mass is 595 g/mol. The molecule has 1 atom stereocenters. The maximum Gasteiger partial charge on any atom is 0.253 e. The van der Waals surface area contributed by atoms with E-state index in [9.17, 15) is 4.79 Å². The highest BCUT2D eigenvalue weighted by Crippen LogP contribution is 2.33. The van der Waals surface area contributed by atoms with Gasteiger partial charge in [0, 0.05) is 37.3 Å². The lowest BCUT2D eigenvalue weighted by Crippen LogP contribution is -2.50. The number of hydrogen-bond acceptors (Lipinski definition) is 6. The lowest BCUT2D eigenvalue weighted by Gasteiger charge is -2.42. The molecule has 1 fully saturated rings. The number of H-pyrrole nitrogens is 1. The standard InChI is InChI=1S/C37H37N7O/c1-26-22-31-24-32(37(45)38-33(31)23-27(26)2)35(36-39-40-41-44(36)25-28-12-6-3-7-13-28)43-20-18-42(19-21-43)34(29-14-8-4-9-15-29)30-16-10-5-11-17-30/h3-17,22-24,34-35H,18-21,25H2,1-2H3,(H,38,45)/t35-/m1/s1. The molecular formula is C37H37N7O. The average Bonchev–Trinajstić information content (AvgIpc) is 3.52. The van der Waals surface area contributed by atoms with Crippen molar-refractivity contribution in [3.8, 4) is 0 Å². The fourth-order valence-corrected chi connectivity index (χ4v) is 6.61. The van der Waals surface area contributed by atoms with Crippen molar-refractivity contribution in [1.29, 1.82) is 0 Å². The lowest BCUT2D eigenvalue weighted by atomic mass is 9.96. The first-order valence-electron chi connectivity index (χ1n) is 15.6. The first-order valence-corrected chi connectivity index (χ1v) is 15.6. The van der Waals surface area contributed by atoms with Gasteiger partial charge in [-0.2, -0.15) is 0 Å². The minimum atomic E-state index is -0.410. The summed E-state index contributed by atoms with van der Waals surface area (Å²) in [5.41, 5.74) is 7.37. The molecule has 7 rings (SSSR count). The van der Waals surface area contributed by atoms with Crippen LogP contribution in [0.3, 0.4) is 0 Å². The maximum absolute atomic E-state index is 13.9. The predicted octanol–water partition coefficient (Wildman–Crippen LogP) is 5.68. The molecule has 0 spiro atoms. The maximum atomic E-state index is 13.9. The molecule has 1 N–H and O–H groups in total. The Balaban J connectivity index is 1.26. The van der Waals surface area contributed by atoms with Gasteiger partial charge in [-0.3, -0.25) is 14.6 Å². The van der Waals surface area contributed by atoms with Crippen LogP contribution in [-0.4, -0.2) is 61.2 Å². The van der Waals surface area contributed by atoms with Gasteiger partial charge in [0.2, 0.25) is 0 Å². The fraction of sp³-hybridized carbons (Fsp3) is 0.243. The summed E-state index contributed by atoms with van der Waals surface area (Å²) >= 11 is 0. The van der Waals surface area contributed by atoms with Crippen molar-refractivity contribution in [2.75, 3.05) is 26.2 Å². The third-order valence-electron chi connectivity index (χ3n) is 9.07. The van der Waals surface area contributed by atoms with E-state index in [0.29, 0.717) is 17.9 Å². The van der Waals surface area contributed by atoms with Crippen LogP contribution in [0.25, 0.3) is 10.9 Å². The number of aromatic nitrogens is 5. The molecule has 0 unspecified atom stereocenters. The molecule has 8 nitrogen and oxygen atoms in total. The van der Waals surface area contributed by atoms with Crippen LogP contribution in [0, 0.1) is 13.8 Å². The molecule has 8 heteroatoms. The number of tetrazole rings is 1. The first-order chi connectivity index (χ1) is 22.0. The number of nitrogens with one attached hydrogen (secondary N) is 1. The molecule has 0 radical (unpaired) electrons. The summed E-state index contributed by atoms with van der Waals surface area (Å²) in [7, 11) is 0. The number of benzene rings is 4. The van der Waals surface area contributed by atoms with Gasteiger partial charge in [-0.25, -0.2) is 4.68 Å². The minimum absolute atomic E-state index is 0.112. The third-order valence-corrected chi connectivity index (χ3v) is 9.07. The van der Waals surface area contributed by atoms with Crippen molar-refractivity contribution in [2.45, 2.75) is 32.5 Å². The topological polar surface area (TPSA) is 82.9 Å². The molecule has 0 aliphatic carbocycles. The minimum Gasteiger partial charge on any atom is -0.322 e. The van der Waals surface area contributed by atoms with Crippen LogP contribution in [0.15, 0.2) is 114 Å². The summed E-state index contributed by atoms with van der Waals surface area (Å²) in [6.07, 6.45) is 0. The molecule has 0 bridgehead atoms. The summed E-state index contributed by atoms with van der Waals surface area (Å²) < 4.78 is 1.84. The van der Waals surface area contributed by atoms with Gasteiger partial charge in [-0.05, 0) is 75.7 Å². The Bertz CT molecular complexity index is 1910. The first kappa shape index (κ1) is 28.8. The van der Waals surface area contributed by atoms with E-state index in [-0.39, 0.29) is 11.6 Å². The number of pyridine rings is 1. The van der Waals surface area contributed by atoms with Crippen LogP contribution in [0.4, 0.5) is 0 Å². The van der Waals surface area contributed by atoms with Crippen molar-refractivity contribution in [3.63, 3.8) is 0 Å². The van der Waals surface area contributed by atoms with Gasteiger partial charge in [-0.15, -0.1) is 5.10 Å². The van der Waals surface area contributed by atoms with Crippen molar-refractivity contribution < 1.29 is 0 Å². The fourth-order valence-electron chi connectivity index (χ4n) is 6.61. The number of nitrogens with zero attached hydrogens (tertiary/aromatic N) is 6. The number of aromatic amines is 1. The van der Waals surface area contributed by atoms with Crippen LogP contribution in [0.2, 0.25) is 0 Å². The van der Waals surface area contributed by atoms with Crippen LogP contribution >= 0.6 is 0 Å². The second-order valence-electron chi connectivity index (χ2n) is 12.0. The summed E-state index contributed by atoms with van der Waals surface area (Å²) in [4.78, 5) is 21.9. The second-order valence-corrected chi connectivity index (χ2v) is 12.0. The van der Waals surface area contributed by atoms with Crippen LogP contribution in [0.5, 0.6) is 0 Å². The van der Waals surface area contributed by atoms with E-state index < -0.39 is 6.04 Å². The normalized spacial score (nSPS) is 15.1. The van der Waals surface area contributed by atoms with Gasteiger partial charge in [0.15, 0.2) is 5.82 Å². The third kappa shape index (κ3) is 5.94. The molecule has 1 aliphatic heterocycles. The number of piperazine rings is 1. The van der Waals surface area contributed by atoms with E-state index in [1.807, 2.05) is 28.9 Å². The Hall–Kier alpha value is -4.92. The zero-order chi connectivity index (χ0) is 30.8. The highest BCUT2D eigenvalue weighted by atomic mass is 16.1. The van der Waals surface area contributed by atoms with Crippen molar-refractivity contribution in [3.05, 3.63) is 159 Å². The number of fused-ring (bicyclic) bond motifs is 1. The quantitative estimate of drug-likeness (QED) is 0.244. The Morgan fingerprint density at radius 3 is 1.89 bits per heavy atom. The number of hydrogen-bond donors (Lipinski definition) is 1. The lowest BCUT2D eigenvalue weighted by molar-refractivity contribution is 0.0857. The van der Waals surface area contributed by atoms with Gasteiger partial charge in [0.1, 0.15) is 6.04 Å². The number of rotatable bonds is 8. The largest absolute Gasteiger partial charge is 0.322 e. The van der Waals surface area contributed by atoms with Gasteiger partial charge < -0.3 is 4.98 Å². The zero-order valence-electron chi connectivity index (χ0n) is 25.7. The molecule has 0 amide bonds. The average molecular weight is 596 g/mol. The van der Waals surface area contributed by atoms with Crippen molar-refractivity contribution in [2.24, 2.45) is 0 Å². The van der Waals surface area contributed by atoms with E-state index in [4.69, 9.17) is 0 Å². The SMILES string of the molecule is Cc1cc2cc([C@H](c3nnnn3Cc3ccccc3)N3CCN(C(c4ccccc4)c4ccccc4)CC3)c(=O)[nH]c2cc1C. The van der Waals surface area contributed by atoms with E-state index in [2.05, 4.69) is 129 Å². The van der Waals surface area contributed by atoms with Gasteiger partial charge in [0.05, 0.1) is 12.6 Å². The van der Waals surface area contributed by atoms with Crippen LogP contribution in [-0.2, 0) is 6.54 Å². The summed E-state index contributed by atoms with van der Waals surface area (Å²) in [6, 6.07) is 37.6. The molecule has 1 saturated heterocycles. The molecular weight excluding hydrogens is 558 g/mol. The zero-order valence-corrected chi connectivity index (χ0v) is 25.7. The molecule has 2 aromatic heterocycles. The van der Waals surface area contributed by atoms with Crippen LogP contribution < -0.4 is 5.56 Å². The highest BCUT2D eigenvalue weighted by Gasteiger charge is 2.35. The van der Waals surface area contributed by atoms with Gasteiger partial charge >= 0.3 is 0 Å². The smallest absolute Gasteiger partial charge is 0.253 e. The Kier molecular flexibility index (Phi) is 8.07. The molecule has 6 aromatic rings. The molecule has 3 heterocycles. The van der Waals surface area contributed by atoms with E-state index in [1.54, 1.807) is 0 Å². The molecule has 1 aliphatic rings. The number of aryl methyl sites for hydroxylation is 2. The van der Waals surface area contributed by atoms with Gasteiger partial charge in [0.25, 0.3) is 5.56 Å². The van der Waals surface area contributed by atoms with E-state index in [0.717, 1.165) is 48.2 Å². The second kappa shape index (κ2) is 12.6. The van der Waals surface area contributed by atoms with E-state index >= 15 is 0 Å². The van der Waals surface area contributed by atoms with Crippen molar-refractivity contribution >= 4 is 10.9 Å². The summed E-state index contributed by atoms with van der Waals surface area (Å²) in [5, 5.41) is 14.1. The predicted molar refractivity (Wildman–Crippen MR) is 177 cm³/mol.